The summed E-state index contributed by atoms with van der Waals surface area (Å²) < 4.78 is 0. The van der Waals surface area contributed by atoms with Crippen LogP contribution in [0.5, 0.6) is 0 Å². The molecule has 0 bridgehead atoms. The topological polar surface area (TPSA) is 65.8 Å². The molecule has 0 unspecified atom stereocenters. The van der Waals surface area contributed by atoms with E-state index in [1.807, 2.05) is 23.9 Å². The molecule has 0 saturated carbocycles. The van der Waals surface area contributed by atoms with Crippen LogP contribution in [-0.4, -0.2) is 54.1 Å². The van der Waals surface area contributed by atoms with Crippen LogP contribution in [0.4, 0.5) is 5.69 Å². The minimum absolute atomic E-state index is 0.165. The van der Waals surface area contributed by atoms with Crippen molar-refractivity contribution in [2.45, 2.75) is 0 Å². The van der Waals surface area contributed by atoms with Crippen molar-refractivity contribution in [3.63, 3.8) is 0 Å². The van der Waals surface area contributed by atoms with E-state index in [2.05, 4.69) is 4.98 Å². The van der Waals surface area contributed by atoms with E-state index >= 15 is 0 Å². The maximum atomic E-state index is 11.3. The molecular weight excluding hydrogens is 282 g/mol. The third kappa shape index (κ3) is 2.83. The Kier molecular flexibility index (Phi) is 4.10. The predicted octanol–water partition coefficient (Wildman–Crippen LogP) is 1.45. The molecule has 0 fully saturated rings. The van der Waals surface area contributed by atoms with E-state index in [-0.39, 0.29) is 10.6 Å². The number of pyridine rings is 1. The van der Waals surface area contributed by atoms with Crippen molar-refractivity contribution in [2.24, 2.45) is 0 Å². The summed E-state index contributed by atoms with van der Waals surface area (Å²) in [7, 11) is 5.46. The molecule has 108 valence electrons. The highest BCUT2D eigenvalue weighted by Crippen LogP contribution is 2.25. The van der Waals surface area contributed by atoms with Crippen LogP contribution in [-0.2, 0) is 0 Å². The maximum Gasteiger partial charge on any atom is 0.300 e. The SMILES string of the molecule is CN1CC([N+](=O)[O-])=C(N(C)c2ccc(Cl)nc2)N(C)C1. The summed E-state index contributed by atoms with van der Waals surface area (Å²) >= 11 is 5.76. The second-order valence-corrected chi connectivity index (χ2v) is 5.17. The molecule has 2 rings (SSSR count). The van der Waals surface area contributed by atoms with Crippen molar-refractivity contribution in [1.82, 2.24) is 14.8 Å². The Balaban J connectivity index is 2.42. The van der Waals surface area contributed by atoms with Crippen molar-refractivity contribution in [1.29, 1.82) is 0 Å². The van der Waals surface area contributed by atoms with E-state index in [4.69, 9.17) is 11.6 Å². The first kappa shape index (κ1) is 14.5. The van der Waals surface area contributed by atoms with E-state index in [9.17, 15) is 10.1 Å². The van der Waals surface area contributed by atoms with Crippen LogP contribution in [0.1, 0.15) is 0 Å². The van der Waals surface area contributed by atoms with Gasteiger partial charge in [0.05, 0.1) is 30.0 Å². The molecular formula is C12H16ClN5O2. The Labute approximate surface area is 122 Å². The molecule has 0 atom stereocenters. The lowest BCUT2D eigenvalue weighted by molar-refractivity contribution is -0.432. The molecule has 20 heavy (non-hydrogen) atoms. The zero-order chi connectivity index (χ0) is 14.9. The number of hydrogen-bond acceptors (Lipinski definition) is 6. The van der Waals surface area contributed by atoms with Gasteiger partial charge in [0.25, 0.3) is 5.70 Å². The van der Waals surface area contributed by atoms with Gasteiger partial charge in [-0.1, -0.05) is 11.6 Å². The van der Waals surface area contributed by atoms with Gasteiger partial charge in [-0.15, -0.1) is 0 Å². The third-order valence-electron chi connectivity index (χ3n) is 3.13. The fourth-order valence-corrected chi connectivity index (χ4v) is 2.42. The zero-order valence-corrected chi connectivity index (χ0v) is 12.3. The number of likely N-dealkylation sites (N-methyl/N-ethyl adjacent to an activating group) is 1. The molecule has 0 aromatic carbocycles. The Morgan fingerprint density at radius 2 is 2.15 bits per heavy atom. The summed E-state index contributed by atoms with van der Waals surface area (Å²) in [5.41, 5.74) is 0.916. The number of halogens is 1. The Bertz CT molecular complexity index is 545. The number of nitro groups is 1. The second-order valence-electron chi connectivity index (χ2n) is 4.78. The summed E-state index contributed by atoms with van der Waals surface area (Å²) in [4.78, 5) is 20.4. The molecule has 1 aromatic rings. The fourth-order valence-electron chi connectivity index (χ4n) is 2.30. The summed E-state index contributed by atoms with van der Waals surface area (Å²) in [6.45, 7) is 0.927. The smallest absolute Gasteiger partial charge is 0.300 e. The monoisotopic (exact) mass is 297 g/mol. The lowest BCUT2D eigenvalue weighted by Gasteiger charge is -2.36. The molecule has 2 heterocycles. The van der Waals surface area contributed by atoms with Gasteiger partial charge in [-0.3, -0.25) is 15.0 Å². The molecule has 0 radical (unpaired) electrons. The second kappa shape index (κ2) is 5.64. The normalized spacial score (nSPS) is 16.5. The molecule has 1 aromatic heterocycles. The average Bonchev–Trinajstić information content (AvgIpc) is 2.37. The Hall–Kier alpha value is -1.86. The van der Waals surface area contributed by atoms with Gasteiger partial charge in [-0.2, -0.15) is 0 Å². The van der Waals surface area contributed by atoms with Crippen LogP contribution in [0.25, 0.3) is 0 Å². The van der Waals surface area contributed by atoms with Crippen LogP contribution < -0.4 is 4.90 Å². The van der Waals surface area contributed by atoms with Crippen LogP contribution in [0, 0.1) is 10.1 Å². The van der Waals surface area contributed by atoms with Gasteiger partial charge in [-0.25, -0.2) is 4.98 Å². The number of anilines is 1. The summed E-state index contributed by atoms with van der Waals surface area (Å²) in [5, 5.41) is 11.7. The molecule has 1 aliphatic rings. The highest BCUT2D eigenvalue weighted by atomic mass is 35.5. The maximum absolute atomic E-state index is 11.3. The number of nitrogens with zero attached hydrogens (tertiary/aromatic N) is 5. The minimum Gasteiger partial charge on any atom is -0.343 e. The van der Waals surface area contributed by atoms with Crippen LogP contribution in [0.2, 0.25) is 5.15 Å². The van der Waals surface area contributed by atoms with Gasteiger partial charge >= 0.3 is 0 Å². The molecule has 7 nitrogen and oxygen atoms in total. The Morgan fingerprint density at radius 1 is 1.45 bits per heavy atom. The summed E-state index contributed by atoms with van der Waals surface area (Å²) in [5.74, 6) is 0.567. The van der Waals surface area contributed by atoms with Crippen molar-refractivity contribution in [3.05, 3.63) is 45.1 Å². The van der Waals surface area contributed by atoms with Crippen LogP contribution in [0.15, 0.2) is 29.8 Å². The molecule has 0 spiro atoms. The van der Waals surface area contributed by atoms with Crippen molar-refractivity contribution < 1.29 is 4.92 Å². The first-order valence-corrected chi connectivity index (χ1v) is 6.40. The number of rotatable bonds is 3. The molecule has 8 heteroatoms. The van der Waals surface area contributed by atoms with Crippen LogP contribution >= 0.6 is 11.6 Å². The predicted molar refractivity (Wildman–Crippen MR) is 76.9 cm³/mol. The first-order valence-electron chi connectivity index (χ1n) is 6.02. The quantitative estimate of drug-likeness (QED) is 0.478. The van der Waals surface area contributed by atoms with Crippen molar-refractivity contribution in [2.75, 3.05) is 39.3 Å². The van der Waals surface area contributed by atoms with Gasteiger partial charge in [0.15, 0.2) is 5.82 Å². The third-order valence-corrected chi connectivity index (χ3v) is 3.35. The van der Waals surface area contributed by atoms with E-state index in [0.29, 0.717) is 24.2 Å². The minimum atomic E-state index is -0.332. The molecule has 1 aliphatic heterocycles. The standard InChI is InChI=1S/C12H16ClN5O2/c1-15-7-10(18(19)20)12(16(2)8-15)17(3)9-4-5-11(13)14-6-9/h4-6H,7-8H2,1-3H3. The molecule has 0 saturated heterocycles. The number of aromatic nitrogens is 1. The molecule has 0 aliphatic carbocycles. The highest BCUT2D eigenvalue weighted by molar-refractivity contribution is 6.29. The summed E-state index contributed by atoms with van der Waals surface area (Å²) in [6.07, 6.45) is 1.60. The largest absolute Gasteiger partial charge is 0.343 e. The van der Waals surface area contributed by atoms with Gasteiger partial charge in [0.1, 0.15) is 5.15 Å². The fraction of sp³-hybridized carbons (Fsp3) is 0.417. The average molecular weight is 298 g/mol. The van der Waals surface area contributed by atoms with Crippen molar-refractivity contribution >= 4 is 17.3 Å². The van der Waals surface area contributed by atoms with Gasteiger partial charge in [0, 0.05) is 14.1 Å². The van der Waals surface area contributed by atoms with Gasteiger partial charge in [-0.05, 0) is 19.2 Å². The lowest BCUT2D eigenvalue weighted by Crippen LogP contribution is -2.46. The van der Waals surface area contributed by atoms with E-state index in [1.165, 1.54) is 0 Å². The Morgan fingerprint density at radius 3 is 2.70 bits per heavy atom. The first-order chi connectivity index (χ1) is 9.40. The van der Waals surface area contributed by atoms with Gasteiger partial charge < -0.3 is 9.80 Å². The molecule has 0 N–H and O–H groups in total. The highest BCUT2D eigenvalue weighted by Gasteiger charge is 2.32. The van der Waals surface area contributed by atoms with E-state index in [0.717, 1.165) is 5.69 Å². The number of hydrogen-bond donors (Lipinski definition) is 0. The zero-order valence-electron chi connectivity index (χ0n) is 11.6. The molecule has 0 amide bonds. The van der Waals surface area contributed by atoms with Crippen molar-refractivity contribution in [3.8, 4) is 0 Å². The summed E-state index contributed by atoms with van der Waals surface area (Å²) in [6, 6.07) is 3.45. The van der Waals surface area contributed by atoms with Gasteiger partial charge in [0.2, 0.25) is 0 Å². The van der Waals surface area contributed by atoms with E-state index in [1.54, 1.807) is 30.3 Å². The van der Waals surface area contributed by atoms with E-state index < -0.39 is 0 Å². The van der Waals surface area contributed by atoms with Crippen LogP contribution in [0.3, 0.4) is 0 Å². The lowest BCUT2D eigenvalue weighted by atomic mass is 10.3.